The van der Waals surface area contributed by atoms with Gasteiger partial charge >= 0.3 is 5.97 Å². The Morgan fingerprint density at radius 2 is 1.27 bits per heavy atom. The van der Waals surface area contributed by atoms with Crippen molar-refractivity contribution in [3.8, 4) is 0 Å². The maximum absolute atomic E-state index is 12.7. The van der Waals surface area contributed by atoms with Crippen LogP contribution in [0.15, 0.2) is 48.5 Å². The molecule has 0 aliphatic heterocycles. The molecule has 0 radical (unpaired) electrons. The molecule has 0 bridgehead atoms. The Bertz CT molecular complexity index is 853. The van der Waals surface area contributed by atoms with Crippen molar-refractivity contribution in [2.24, 2.45) is 17.3 Å². The van der Waals surface area contributed by atoms with Gasteiger partial charge in [0, 0.05) is 27.6 Å². The second-order valence-electron chi connectivity index (χ2n) is 8.17. The fourth-order valence-corrected chi connectivity index (χ4v) is 4.27. The lowest BCUT2D eigenvalue weighted by molar-refractivity contribution is -0.0529. The first kappa shape index (κ1) is 24.2. The van der Waals surface area contributed by atoms with E-state index in [0.29, 0.717) is 27.7 Å². The lowest BCUT2D eigenvalue weighted by atomic mass is 9.65. The minimum Gasteiger partial charge on any atom is -0.458 e. The highest BCUT2D eigenvalue weighted by atomic mass is 35.5. The van der Waals surface area contributed by atoms with Crippen molar-refractivity contribution in [1.82, 2.24) is 5.32 Å². The summed E-state index contributed by atoms with van der Waals surface area (Å²) < 4.78 is 5.87. The number of benzene rings is 2. The zero-order valence-electron chi connectivity index (χ0n) is 18.0. The van der Waals surface area contributed by atoms with Gasteiger partial charge in [0.15, 0.2) is 0 Å². The third-order valence-corrected chi connectivity index (χ3v) is 6.44. The van der Waals surface area contributed by atoms with Gasteiger partial charge in [-0.05, 0) is 67.3 Å². The van der Waals surface area contributed by atoms with E-state index in [1.54, 1.807) is 48.5 Å². The van der Waals surface area contributed by atoms with Crippen molar-refractivity contribution in [3.05, 3.63) is 69.7 Å². The van der Waals surface area contributed by atoms with E-state index < -0.39 is 17.5 Å². The van der Waals surface area contributed by atoms with E-state index in [0.717, 1.165) is 0 Å². The smallest absolute Gasteiger partial charge is 0.338 e. The van der Waals surface area contributed by atoms with Crippen molar-refractivity contribution < 1.29 is 14.3 Å². The maximum Gasteiger partial charge on any atom is 0.338 e. The molecule has 0 aromatic heterocycles. The van der Waals surface area contributed by atoms with Crippen molar-refractivity contribution in [2.75, 3.05) is 6.54 Å². The number of halogens is 2. The fourth-order valence-electron chi connectivity index (χ4n) is 4.02. The molecular weight excluding hydrogens is 421 g/mol. The number of carbonyl (C=O) groups excluding carboxylic acids is 2. The predicted molar refractivity (Wildman–Crippen MR) is 122 cm³/mol. The third-order valence-electron chi connectivity index (χ3n) is 5.93. The predicted octanol–water partition coefficient (Wildman–Crippen LogP) is 6.27. The number of amides is 1. The maximum atomic E-state index is 12.7. The Morgan fingerprint density at radius 3 is 1.70 bits per heavy atom. The van der Waals surface area contributed by atoms with Crippen LogP contribution in [0.2, 0.25) is 10.0 Å². The highest BCUT2D eigenvalue weighted by Crippen LogP contribution is 2.40. The number of carbonyl (C=O) groups is 2. The van der Waals surface area contributed by atoms with Crippen LogP contribution < -0.4 is 5.32 Å². The number of hydrogen-bond donors (Lipinski definition) is 1. The summed E-state index contributed by atoms with van der Waals surface area (Å²) in [5, 5.41) is 4.17. The van der Waals surface area contributed by atoms with Gasteiger partial charge in [-0.15, -0.1) is 0 Å². The molecule has 2 rings (SSSR count). The van der Waals surface area contributed by atoms with Gasteiger partial charge in [-0.2, -0.15) is 0 Å². The summed E-state index contributed by atoms with van der Waals surface area (Å²) in [6.07, 6.45) is -0.425. The molecule has 0 fully saturated rings. The molecule has 0 saturated heterocycles. The highest BCUT2D eigenvalue weighted by Gasteiger charge is 2.44. The number of ether oxygens (including phenoxy) is 1. The molecule has 4 nitrogen and oxygen atoms in total. The van der Waals surface area contributed by atoms with Crippen LogP contribution in [0.5, 0.6) is 0 Å². The molecule has 0 aliphatic rings. The van der Waals surface area contributed by atoms with Crippen LogP contribution in [0.25, 0.3) is 0 Å². The van der Waals surface area contributed by atoms with Crippen LogP contribution in [0.3, 0.4) is 0 Å². The van der Waals surface area contributed by atoms with Crippen LogP contribution >= 0.6 is 23.2 Å². The largest absolute Gasteiger partial charge is 0.458 e. The van der Waals surface area contributed by atoms with Crippen molar-refractivity contribution in [3.63, 3.8) is 0 Å². The number of rotatable bonds is 8. The van der Waals surface area contributed by atoms with E-state index in [2.05, 4.69) is 33.0 Å². The average Bonchev–Trinajstić information content (AvgIpc) is 2.68. The molecule has 2 aromatic rings. The van der Waals surface area contributed by atoms with Crippen LogP contribution in [0.1, 0.15) is 55.3 Å². The first-order chi connectivity index (χ1) is 14.1. The first-order valence-electron chi connectivity index (χ1n) is 10.1. The minimum absolute atomic E-state index is 0.149. The second-order valence-corrected chi connectivity index (χ2v) is 9.04. The highest BCUT2D eigenvalue weighted by molar-refractivity contribution is 6.31. The Labute approximate surface area is 188 Å². The van der Waals surface area contributed by atoms with Crippen LogP contribution in [-0.2, 0) is 4.74 Å². The van der Waals surface area contributed by atoms with Crippen molar-refractivity contribution in [1.29, 1.82) is 0 Å². The van der Waals surface area contributed by atoms with Gasteiger partial charge in [0.25, 0.3) is 5.91 Å². The molecule has 1 atom stereocenters. The molecule has 0 heterocycles. The van der Waals surface area contributed by atoms with E-state index >= 15 is 0 Å². The Morgan fingerprint density at radius 1 is 0.833 bits per heavy atom. The standard InChI is InChI=1S/C24H29Cl2NO3/c1-15(2)24(16(3)4,14-27-22(28)18-6-10-20(25)11-7-18)17(5)30-23(29)19-8-12-21(26)13-9-19/h6-13,15-17H,14H2,1-5H3,(H,27,28). The van der Waals surface area contributed by atoms with Crippen LogP contribution in [-0.4, -0.2) is 24.5 Å². The molecule has 1 amide bonds. The summed E-state index contributed by atoms with van der Waals surface area (Å²) in [7, 11) is 0. The number of esters is 1. The lowest BCUT2D eigenvalue weighted by Gasteiger charge is -2.45. The monoisotopic (exact) mass is 449 g/mol. The molecule has 2 aromatic carbocycles. The topological polar surface area (TPSA) is 55.4 Å². The summed E-state index contributed by atoms with van der Waals surface area (Å²) in [6, 6.07) is 13.4. The summed E-state index contributed by atoms with van der Waals surface area (Å²) in [6.45, 7) is 10.6. The van der Waals surface area contributed by atoms with E-state index in [9.17, 15) is 9.59 Å². The molecule has 1 unspecified atom stereocenters. The van der Waals surface area contributed by atoms with Gasteiger partial charge in [0.05, 0.1) is 5.56 Å². The normalized spacial score (nSPS) is 12.7. The van der Waals surface area contributed by atoms with Crippen LogP contribution in [0.4, 0.5) is 0 Å². The number of nitrogens with one attached hydrogen (secondary N) is 1. The van der Waals surface area contributed by atoms with Crippen LogP contribution in [0, 0.1) is 17.3 Å². The third kappa shape index (κ3) is 5.55. The first-order valence-corrected chi connectivity index (χ1v) is 10.8. The Kier molecular flexibility index (Phi) is 8.34. The average molecular weight is 450 g/mol. The van der Waals surface area contributed by atoms with Gasteiger partial charge in [-0.1, -0.05) is 50.9 Å². The molecule has 30 heavy (non-hydrogen) atoms. The van der Waals surface area contributed by atoms with Gasteiger partial charge < -0.3 is 10.1 Å². The van der Waals surface area contributed by atoms with Crippen molar-refractivity contribution in [2.45, 2.75) is 40.7 Å². The molecular formula is C24H29Cl2NO3. The summed E-state index contributed by atoms with van der Waals surface area (Å²) >= 11 is 11.8. The van der Waals surface area contributed by atoms with E-state index in [1.165, 1.54) is 0 Å². The lowest BCUT2D eigenvalue weighted by Crippen LogP contribution is -2.52. The van der Waals surface area contributed by atoms with Gasteiger partial charge in [-0.25, -0.2) is 4.79 Å². The number of hydrogen-bond acceptors (Lipinski definition) is 3. The molecule has 0 saturated carbocycles. The second kappa shape index (κ2) is 10.3. The zero-order valence-corrected chi connectivity index (χ0v) is 19.6. The molecule has 1 N–H and O–H groups in total. The van der Waals surface area contributed by atoms with E-state index in [4.69, 9.17) is 27.9 Å². The quantitative estimate of drug-likeness (QED) is 0.483. The van der Waals surface area contributed by atoms with E-state index in [1.807, 2.05) is 6.92 Å². The SMILES string of the molecule is CC(C)C(CNC(=O)c1ccc(Cl)cc1)(C(C)C)C(C)OC(=O)c1ccc(Cl)cc1. The zero-order chi connectivity index (χ0) is 22.5. The van der Waals surface area contributed by atoms with Gasteiger partial charge in [0.1, 0.15) is 6.10 Å². The van der Waals surface area contributed by atoms with Gasteiger partial charge in [0.2, 0.25) is 0 Å². The Balaban J connectivity index is 2.20. The Hall–Kier alpha value is -2.04. The molecule has 0 spiro atoms. The molecule has 162 valence electrons. The summed E-state index contributed by atoms with van der Waals surface area (Å²) in [5.41, 5.74) is 0.522. The van der Waals surface area contributed by atoms with Crippen molar-refractivity contribution >= 4 is 35.1 Å². The molecule has 6 heteroatoms. The summed E-state index contributed by atoms with van der Waals surface area (Å²) in [4.78, 5) is 25.4. The van der Waals surface area contributed by atoms with E-state index in [-0.39, 0.29) is 17.7 Å². The molecule has 0 aliphatic carbocycles. The fraction of sp³-hybridized carbons (Fsp3) is 0.417. The summed E-state index contributed by atoms with van der Waals surface area (Å²) in [5.74, 6) is -0.297. The van der Waals surface area contributed by atoms with Gasteiger partial charge in [-0.3, -0.25) is 4.79 Å². The minimum atomic E-state index is -0.454.